The number of para-hydroxylation sites is 1. The van der Waals surface area contributed by atoms with E-state index in [4.69, 9.17) is 4.52 Å². The second kappa shape index (κ2) is 9.39. The van der Waals surface area contributed by atoms with Gasteiger partial charge < -0.3 is 14.7 Å². The zero-order valence-corrected chi connectivity index (χ0v) is 19.2. The van der Waals surface area contributed by atoms with Gasteiger partial charge in [0.2, 0.25) is 11.8 Å². The number of nitrogens with one attached hydrogen (secondary N) is 1. The van der Waals surface area contributed by atoms with E-state index in [9.17, 15) is 4.79 Å². The number of fused-ring (bicyclic) bond motifs is 3. The number of rotatable bonds is 4. The second-order valence-electron chi connectivity index (χ2n) is 9.35. The number of hydrogen-bond acceptors (Lipinski definition) is 6. The number of amides is 1. The highest BCUT2D eigenvalue weighted by Gasteiger charge is 2.33. The van der Waals surface area contributed by atoms with Crippen LogP contribution in [0.25, 0.3) is 0 Å². The van der Waals surface area contributed by atoms with Gasteiger partial charge in [0.1, 0.15) is 0 Å². The molecule has 7 heteroatoms. The van der Waals surface area contributed by atoms with Crippen molar-refractivity contribution in [1.82, 2.24) is 19.9 Å². The minimum atomic E-state index is 0.146. The fourth-order valence-corrected chi connectivity index (χ4v) is 4.83. The molecule has 0 aliphatic carbocycles. The number of aromatic nitrogens is 2. The van der Waals surface area contributed by atoms with E-state index in [1.807, 2.05) is 18.7 Å². The molecule has 0 saturated carbocycles. The number of carbonyl (C=O) groups excluding carboxylic acids is 1. The normalized spacial score (nSPS) is 22.2. The molecule has 0 radical (unpaired) electrons. The van der Waals surface area contributed by atoms with Crippen LogP contribution < -0.4 is 5.32 Å². The van der Waals surface area contributed by atoms with Crippen LogP contribution >= 0.6 is 0 Å². The number of likely N-dealkylation sites (N-methyl/N-ethyl adjacent to an activating group) is 1. The summed E-state index contributed by atoms with van der Waals surface area (Å²) in [5.41, 5.74) is 3.60. The molecule has 0 spiro atoms. The topological polar surface area (TPSA) is 74.5 Å². The first-order chi connectivity index (χ1) is 14.9. The van der Waals surface area contributed by atoms with Crippen molar-refractivity contribution in [3.8, 4) is 0 Å². The molecule has 2 aromatic rings. The van der Waals surface area contributed by atoms with Crippen molar-refractivity contribution >= 4 is 11.6 Å². The van der Waals surface area contributed by atoms with Gasteiger partial charge in [-0.2, -0.15) is 4.98 Å². The van der Waals surface area contributed by atoms with Gasteiger partial charge in [-0.3, -0.25) is 9.69 Å². The highest BCUT2D eigenvalue weighted by molar-refractivity contribution is 5.76. The zero-order chi connectivity index (χ0) is 22.0. The first kappa shape index (κ1) is 21.8. The average Bonchev–Trinajstić information content (AvgIpc) is 3.34. The Morgan fingerprint density at radius 2 is 2.06 bits per heavy atom. The molecule has 1 fully saturated rings. The summed E-state index contributed by atoms with van der Waals surface area (Å²) in [5, 5.41) is 7.69. The fraction of sp³-hybridized carbons (Fsp3) is 0.625. The van der Waals surface area contributed by atoms with Crippen molar-refractivity contribution in [1.29, 1.82) is 0 Å². The second-order valence-corrected chi connectivity index (χ2v) is 9.35. The average molecular weight is 426 g/mol. The molecule has 2 bridgehead atoms. The summed E-state index contributed by atoms with van der Waals surface area (Å²) in [7, 11) is 2.22. The van der Waals surface area contributed by atoms with Crippen molar-refractivity contribution < 1.29 is 9.32 Å². The van der Waals surface area contributed by atoms with E-state index in [2.05, 4.69) is 52.5 Å². The maximum absolute atomic E-state index is 13.3. The van der Waals surface area contributed by atoms with E-state index < -0.39 is 0 Å². The Hall–Kier alpha value is -2.41. The molecule has 1 amide bonds. The molecular formula is C24H35N5O2. The van der Waals surface area contributed by atoms with Crippen LogP contribution in [0.3, 0.4) is 0 Å². The highest BCUT2D eigenvalue weighted by atomic mass is 16.5. The van der Waals surface area contributed by atoms with Gasteiger partial charge >= 0.3 is 0 Å². The largest absolute Gasteiger partial charge is 0.384 e. The molecule has 1 N–H and O–H groups in total. The Morgan fingerprint density at radius 1 is 1.26 bits per heavy atom. The fourth-order valence-electron chi connectivity index (χ4n) is 4.83. The molecule has 1 aromatic heterocycles. The van der Waals surface area contributed by atoms with Gasteiger partial charge in [-0.25, -0.2) is 0 Å². The van der Waals surface area contributed by atoms with Gasteiger partial charge in [-0.1, -0.05) is 37.2 Å². The first-order valence-electron chi connectivity index (χ1n) is 11.6. The SMILES string of the molecule is Cc1cccc2c1NCCC1CCC(CN(C(=O)CCc3nc(C(C)C)no3)C2)N1C. The predicted octanol–water partition coefficient (Wildman–Crippen LogP) is 3.74. The number of nitrogens with zero attached hydrogens (tertiary/aromatic N) is 4. The summed E-state index contributed by atoms with van der Waals surface area (Å²) in [4.78, 5) is 22.3. The van der Waals surface area contributed by atoms with Gasteiger partial charge in [-0.15, -0.1) is 0 Å². The lowest BCUT2D eigenvalue weighted by Gasteiger charge is -2.31. The van der Waals surface area contributed by atoms with Gasteiger partial charge in [0.15, 0.2) is 5.82 Å². The molecule has 2 atom stereocenters. The summed E-state index contributed by atoms with van der Waals surface area (Å²) in [6.45, 7) is 8.56. The van der Waals surface area contributed by atoms with Gasteiger partial charge in [-0.05, 0) is 44.4 Å². The van der Waals surface area contributed by atoms with E-state index in [0.717, 1.165) is 25.9 Å². The lowest BCUT2D eigenvalue weighted by Crippen LogP contribution is -2.43. The highest BCUT2D eigenvalue weighted by Crippen LogP contribution is 2.29. The Balaban J connectivity index is 1.53. The van der Waals surface area contributed by atoms with E-state index in [0.29, 0.717) is 43.2 Å². The quantitative estimate of drug-likeness (QED) is 0.804. The molecule has 1 saturated heterocycles. The van der Waals surface area contributed by atoms with E-state index in [-0.39, 0.29) is 11.8 Å². The standard InChI is InChI=1S/C24H35N5O2/c1-16(2)24-26-21(31-27-24)10-11-22(30)29-14-18-7-5-6-17(3)23(18)25-13-12-19-8-9-20(15-29)28(19)4/h5-7,16,19-20,25H,8-15H2,1-4H3. The summed E-state index contributed by atoms with van der Waals surface area (Å²) < 4.78 is 5.35. The van der Waals surface area contributed by atoms with Crippen molar-refractivity contribution in [3.05, 3.63) is 41.0 Å². The summed E-state index contributed by atoms with van der Waals surface area (Å²) in [6, 6.07) is 7.35. The maximum Gasteiger partial charge on any atom is 0.227 e. The number of anilines is 1. The lowest BCUT2D eigenvalue weighted by atomic mass is 10.0. The molecule has 2 unspecified atom stereocenters. The molecule has 31 heavy (non-hydrogen) atoms. The van der Waals surface area contributed by atoms with Crippen LogP contribution in [0.4, 0.5) is 5.69 Å². The van der Waals surface area contributed by atoms with Crippen molar-refractivity contribution in [2.75, 3.05) is 25.5 Å². The van der Waals surface area contributed by atoms with Crippen LogP contribution in [0, 0.1) is 6.92 Å². The van der Waals surface area contributed by atoms with Crippen molar-refractivity contribution in [3.63, 3.8) is 0 Å². The lowest BCUT2D eigenvalue weighted by molar-refractivity contribution is -0.132. The van der Waals surface area contributed by atoms with Crippen LogP contribution in [0.5, 0.6) is 0 Å². The number of hydrogen-bond donors (Lipinski definition) is 1. The molecule has 1 aromatic carbocycles. The summed E-state index contributed by atoms with van der Waals surface area (Å²) in [6.07, 6.45) is 4.34. The molecule has 2 aliphatic heterocycles. The number of aryl methyl sites for hydroxylation is 2. The molecule has 4 rings (SSSR count). The molecule has 3 heterocycles. The van der Waals surface area contributed by atoms with E-state index in [1.54, 1.807) is 0 Å². The van der Waals surface area contributed by atoms with Crippen LogP contribution in [0.15, 0.2) is 22.7 Å². The minimum Gasteiger partial charge on any atom is -0.384 e. The van der Waals surface area contributed by atoms with Crippen molar-refractivity contribution in [2.24, 2.45) is 0 Å². The Morgan fingerprint density at radius 3 is 2.84 bits per heavy atom. The zero-order valence-electron chi connectivity index (χ0n) is 19.2. The maximum atomic E-state index is 13.3. The first-order valence-corrected chi connectivity index (χ1v) is 11.6. The molecule has 168 valence electrons. The molecule has 2 aliphatic rings. The van der Waals surface area contributed by atoms with Gasteiger partial charge in [0.05, 0.1) is 0 Å². The van der Waals surface area contributed by atoms with Crippen LogP contribution in [-0.4, -0.2) is 58.1 Å². The monoisotopic (exact) mass is 425 g/mol. The minimum absolute atomic E-state index is 0.146. The van der Waals surface area contributed by atoms with E-state index >= 15 is 0 Å². The van der Waals surface area contributed by atoms with Gasteiger partial charge in [0, 0.05) is 56.2 Å². The third-order valence-electron chi connectivity index (χ3n) is 6.82. The molecule has 7 nitrogen and oxygen atoms in total. The van der Waals surface area contributed by atoms with Crippen LogP contribution in [0.2, 0.25) is 0 Å². The third-order valence-corrected chi connectivity index (χ3v) is 6.82. The third kappa shape index (κ3) is 4.92. The van der Waals surface area contributed by atoms with Crippen molar-refractivity contribution in [2.45, 2.75) is 77.4 Å². The predicted molar refractivity (Wildman–Crippen MR) is 121 cm³/mol. The smallest absolute Gasteiger partial charge is 0.227 e. The Kier molecular flexibility index (Phi) is 6.60. The van der Waals surface area contributed by atoms with Crippen LogP contribution in [-0.2, 0) is 17.8 Å². The summed E-state index contributed by atoms with van der Waals surface area (Å²) >= 11 is 0. The van der Waals surface area contributed by atoms with Crippen LogP contribution in [0.1, 0.15) is 68.3 Å². The van der Waals surface area contributed by atoms with E-state index in [1.165, 1.54) is 23.2 Å². The molecular weight excluding hydrogens is 390 g/mol. The number of benzene rings is 1. The Labute approximate surface area is 185 Å². The Bertz CT molecular complexity index is 909. The van der Waals surface area contributed by atoms with Gasteiger partial charge in [0.25, 0.3) is 0 Å². The number of carbonyl (C=O) groups is 1. The summed E-state index contributed by atoms with van der Waals surface area (Å²) in [5.74, 6) is 1.61.